The Hall–Kier alpha value is -2.48. The molecular weight excluding hydrogens is 356 g/mol. The smallest absolute Gasteiger partial charge is 0.294 e. The Morgan fingerprint density at radius 2 is 1.85 bits per heavy atom. The van der Waals surface area contributed by atoms with E-state index >= 15 is 0 Å². The van der Waals surface area contributed by atoms with Gasteiger partial charge in [-0.3, -0.25) is 19.3 Å². The first kappa shape index (κ1) is 17.0. The topological polar surface area (TPSA) is 76.1 Å². The molecule has 0 bridgehead atoms. The Morgan fingerprint density at radius 1 is 1.12 bits per heavy atom. The highest BCUT2D eigenvalue weighted by Crippen LogP contribution is 2.35. The zero-order chi connectivity index (χ0) is 18.1. The van der Waals surface area contributed by atoms with Gasteiger partial charge in [0.2, 0.25) is 5.91 Å². The van der Waals surface area contributed by atoms with Crippen LogP contribution in [0.15, 0.2) is 23.1 Å². The molecule has 2 fully saturated rings. The molecule has 3 heterocycles. The minimum absolute atomic E-state index is 0.176. The molecule has 0 saturated carbocycles. The van der Waals surface area contributed by atoms with Gasteiger partial charge < -0.3 is 14.4 Å². The average Bonchev–Trinajstić information content (AvgIpc) is 3.27. The fraction of sp³-hybridized carbons (Fsp3) is 0.389. The molecular formula is C18H18N2O5S. The van der Waals surface area contributed by atoms with Crippen LogP contribution in [0.5, 0.6) is 11.5 Å². The maximum Gasteiger partial charge on any atom is 0.294 e. The van der Waals surface area contributed by atoms with Gasteiger partial charge in [0.05, 0.1) is 4.91 Å². The van der Waals surface area contributed by atoms with Gasteiger partial charge in [0.1, 0.15) is 19.8 Å². The minimum Gasteiger partial charge on any atom is -0.486 e. The van der Waals surface area contributed by atoms with Crippen molar-refractivity contribution in [3.63, 3.8) is 0 Å². The molecule has 26 heavy (non-hydrogen) atoms. The van der Waals surface area contributed by atoms with E-state index in [0.717, 1.165) is 35.1 Å². The second-order valence-corrected chi connectivity index (χ2v) is 7.25. The van der Waals surface area contributed by atoms with E-state index in [0.29, 0.717) is 42.7 Å². The van der Waals surface area contributed by atoms with Crippen molar-refractivity contribution in [1.29, 1.82) is 0 Å². The molecule has 0 unspecified atom stereocenters. The molecule has 0 atom stereocenters. The predicted octanol–water partition coefficient (Wildman–Crippen LogP) is 2.12. The number of nitrogens with zero attached hydrogens (tertiary/aromatic N) is 2. The molecule has 2 saturated heterocycles. The summed E-state index contributed by atoms with van der Waals surface area (Å²) in [5.74, 6) is 0.680. The summed E-state index contributed by atoms with van der Waals surface area (Å²) >= 11 is 0.854. The summed E-state index contributed by atoms with van der Waals surface area (Å²) in [6.45, 7) is 2.19. The van der Waals surface area contributed by atoms with Gasteiger partial charge in [0.25, 0.3) is 11.1 Å². The first-order valence-corrected chi connectivity index (χ1v) is 9.36. The second-order valence-electron chi connectivity index (χ2n) is 6.26. The zero-order valence-electron chi connectivity index (χ0n) is 14.1. The van der Waals surface area contributed by atoms with Gasteiger partial charge in [-0.1, -0.05) is 6.07 Å². The number of imide groups is 1. The summed E-state index contributed by atoms with van der Waals surface area (Å²) in [5, 5.41) is -0.411. The summed E-state index contributed by atoms with van der Waals surface area (Å²) in [6.07, 6.45) is 3.58. The SMILES string of the molecule is O=C(CN1C(=O)S/C(=C/c2ccc3c(c2)OCCO3)C1=O)N1CCCC1. The molecule has 4 rings (SSSR count). The minimum atomic E-state index is -0.428. The number of carbonyl (C=O) groups is 3. The molecule has 3 aliphatic heterocycles. The predicted molar refractivity (Wildman–Crippen MR) is 95.9 cm³/mol. The van der Waals surface area contributed by atoms with Crippen molar-refractivity contribution in [3.05, 3.63) is 28.7 Å². The molecule has 7 nitrogen and oxygen atoms in total. The third-order valence-corrected chi connectivity index (χ3v) is 5.40. The largest absolute Gasteiger partial charge is 0.486 e. The highest BCUT2D eigenvalue weighted by Gasteiger charge is 2.37. The molecule has 0 N–H and O–H groups in total. The van der Waals surface area contributed by atoms with Crippen molar-refractivity contribution in [2.24, 2.45) is 0 Å². The van der Waals surface area contributed by atoms with Gasteiger partial charge in [0.15, 0.2) is 11.5 Å². The molecule has 3 amide bonds. The molecule has 136 valence electrons. The quantitative estimate of drug-likeness (QED) is 0.755. The number of hydrogen-bond acceptors (Lipinski definition) is 6. The van der Waals surface area contributed by atoms with E-state index < -0.39 is 11.1 Å². The van der Waals surface area contributed by atoms with E-state index in [-0.39, 0.29) is 12.5 Å². The normalized spacial score (nSPS) is 21.0. The lowest BCUT2D eigenvalue weighted by Gasteiger charge is -2.19. The third kappa shape index (κ3) is 3.29. The van der Waals surface area contributed by atoms with Crippen LogP contribution in [0.25, 0.3) is 6.08 Å². The van der Waals surface area contributed by atoms with Gasteiger partial charge >= 0.3 is 0 Å². The molecule has 8 heteroatoms. The first-order chi connectivity index (χ1) is 12.6. The van der Waals surface area contributed by atoms with Crippen LogP contribution >= 0.6 is 11.8 Å². The Morgan fingerprint density at radius 3 is 2.62 bits per heavy atom. The molecule has 3 aliphatic rings. The van der Waals surface area contributed by atoms with Crippen LogP contribution in [0.2, 0.25) is 0 Å². The maximum atomic E-state index is 12.5. The van der Waals surface area contributed by atoms with Gasteiger partial charge in [-0.15, -0.1) is 0 Å². The second kappa shape index (κ2) is 7.03. The standard InChI is InChI=1S/C18H18N2O5S/c21-16(19-5-1-2-6-19)11-20-17(22)15(26-18(20)23)10-12-3-4-13-14(9-12)25-8-7-24-13/h3-4,9-10H,1-2,5-8,11H2/b15-10+. The Kier molecular flexibility index (Phi) is 4.58. The number of carbonyl (C=O) groups excluding carboxylic acids is 3. The summed E-state index contributed by atoms with van der Waals surface area (Å²) < 4.78 is 11.0. The summed E-state index contributed by atoms with van der Waals surface area (Å²) in [5.41, 5.74) is 0.741. The molecule has 0 aromatic heterocycles. The van der Waals surface area contributed by atoms with Crippen LogP contribution in [0.1, 0.15) is 18.4 Å². The van der Waals surface area contributed by atoms with E-state index in [1.54, 1.807) is 29.2 Å². The summed E-state index contributed by atoms with van der Waals surface area (Å²) in [6, 6.07) is 5.36. The number of ether oxygens (including phenoxy) is 2. The van der Waals surface area contributed by atoms with Crippen LogP contribution in [0.3, 0.4) is 0 Å². The summed E-state index contributed by atoms with van der Waals surface area (Å²) in [4.78, 5) is 40.0. The molecule has 0 spiro atoms. The monoisotopic (exact) mass is 374 g/mol. The highest BCUT2D eigenvalue weighted by molar-refractivity contribution is 8.18. The van der Waals surface area contributed by atoms with E-state index in [9.17, 15) is 14.4 Å². The number of likely N-dealkylation sites (tertiary alicyclic amines) is 1. The Balaban J connectivity index is 1.49. The fourth-order valence-corrected chi connectivity index (χ4v) is 3.98. The van der Waals surface area contributed by atoms with Crippen molar-refractivity contribution in [2.45, 2.75) is 12.8 Å². The lowest BCUT2D eigenvalue weighted by molar-refractivity contribution is -0.135. The van der Waals surface area contributed by atoms with Crippen molar-refractivity contribution in [2.75, 3.05) is 32.8 Å². The van der Waals surface area contributed by atoms with Crippen molar-refractivity contribution >= 4 is 34.9 Å². The van der Waals surface area contributed by atoms with Crippen molar-refractivity contribution < 1.29 is 23.9 Å². The van der Waals surface area contributed by atoms with Gasteiger partial charge in [-0.2, -0.15) is 0 Å². The molecule has 1 aromatic carbocycles. The highest BCUT2D eigenvalue weighted by atomic mass is 32.2. The summed E-state index contributed by atoms with van der Waals surface area (Å²) in [7, 11) is 0. The number of benzene rings is 1. The van der Waals surface area contributed by atoms with Crippen LogP contribution in [-0.4, -0.2) is 59.7 Å². The van der Waals surface area contributed by atoms with Crippen molar-refractivity contribution in [3.8, 4) is 11.5 Å². The maximum absolute atomic E-state index is 12.5. The molecule has 0 radical (unpaired) electrons. The van der Waals surface area contributed by atoms with Gasteiger partial charge in [-0.05, 0) is 48.4 Å². The Labute approximate surface area is 154 Å². The van der Waals surface area contributed by atoms with Crippen LogP contribution in [0.4, 0.5) is 4.79 Å². The van der Waals surface area contributed by atoms with E-state index in [2.05, 4.69) is 0 Å². The lowest BCUT2D eigenvalue weighted by Crippen LogP contribution is -2.40. The number of hydrogen-bond donors (Lipinski definition) is 0. The van der Waals surface area contributed by atoms with Crippen LogP contribution in [-0.2, 0) is 9.59 Å². The molecule has 1 aromatic rings. The zero-order valence-corrected chi connectivity index (χ0v) is 14.9. The van der Waals surface area contributed by atoms with Gasteiger partial charge in [0, 0.05) is 13.1 Å². The fourth-order valence-electron chi connectivity index (χ4n) is 3.14. The Bertz CT molecular complexity index is 801. The first-order valence-electron chi connectivity index (χ1n) is 8.54. The van der Waals surface area contributed by atoms with Crippen LogP contribution < -0.4 is 9.47 Å². The average molecular weight is 374 g/mol. The van der Waals surface area contributed by atoms with E-state index in [1.165, 1.54) is 0 Å². The third-order valence-electron chi connectivity index (χ3n) is 4.49. The van der Waals surface area contributed by atoms with Crippen LogP contribution in [0, 0.1) is 0 Å². The number of amides is 3. The van der Waals surface area contributed by atoms with Crippen molar-refractivity contribution in [1.82, 2.24) is 9.80 Å². The van der Waals surface area contributed by atoms with Gasteiger partial charge in [-0.25, -0.2) is 0 Å². The van der Waals surface area contributed by atoms with E-state index in [1.807, 2.05) is 0 Å². The number of fused-ring (bicyclic) bond motifs is 1. The number of rotatable bonds is 3. The molecule has 0 aliphatic carbocycles. The number of thioether (sulfide) groups is 1. The van der Waals surface area contributed by atoms with E-state index in [4.69, 9.17) is 9.47 Å². The lowest BCUT2D eigenvalue weighted by atomic mass is 10.1.